The van der Waals surface area contributed by atoms with Crippen molar-refractivity contribution in [1.29, 1.82) is 0 Å². The number of thioether (sulfide) groups is 1. The molecule has 26 heavy (non-hydrogen) atoms. The molecule has 0 unspecified atom stereocenters. The number of para-hydroxylation sites is 1. The number of carbonyl (C=O) groups is 1. The molecule has 0 bridgehead atoms. The van der Waals surface area contributed by atoms with E-state index >= 15 is 0 Å². The van der Waals surface area contributed by atoms with E-state index in [0.29, 0.717) is 11.1 Å². The second-order valence-corrected chi connectivity index (χ2v) is 6.77. The predicted molar refractivity (Wildman–Crippen MR) is 89.7 cm³/mol. The number of rotatable bonds is 4. The molecule has 0 saturated heterocycles. The largest absolute Gasteiger partial charge is 0.451 e. The molecule has 0 aliphatic heterocycles. The lowest BCUT2D eigenvalue weighted by molar-refractivity contribution is -0.145. The summed E-state index contributed by atoms with van der Waals surface area (Å²) >= 11 is 0.916. The molecule has 6 nitrogen and oxygen atoms in total. The predicted octanol–water partition coefficient (Wildman–Crippen LogP) is 4.06. The van der Waals surface area contributed by atoms with Gasteiger partial charge in [-0.15, -0.1) is 0 Å². The van der Waals surface area contributed by atoms with Gasteiger partial charge >= 0.3 is 6.18 Å². The third kappa shape index (κ3) is 3.96. The number of nitrogens with one attached hydrogen (secondary N) is 1. The Morgan fingerprint density at radius 3 is 2.65 bits per heavy atom. The van der Waals surface area contributed by atoms with Crippen LogP contribution in [0.3, 0.4) is 0 Å². The monoisotopic (exact) mass is 382 g/mol. The third-order valence-corrected chi connectivity index (χ3v) is 4.46. The minimum absolute atomic E-state index is 0.0851. The number of anilines is 1. The zero-order valence-corrected chi connectivity index (χ0v) is 14.5. The van der Waals surface area contributed by atoms with Gasteiger partial charge in [0, 0.05) is 11.5 Å². The van der Waals surface area contributed by atoms with E-state index in [1.807, 2.05) is 0 Å². The molecule has 1 N–H and O–H groups in total. The summed E-state index contributed by atoms with van der Waals surface area (Å²) in [5.41, 5.74) is 0.164. The lowest BCUT2D eigenvalue weighted by Gasteiger charge is -2.13. The Kier molecular flexibility index (Phi) is 4.86. The van der Waals surface area contributed by atoms with Crippen molar-refractivity contribution < 1.29 is 22.5 Å². The Labute approximate surface area is 150 Å². The highest BCUT2D eigenvalue weighted by Crippen LogP contribution is 2.33. The van der Waals surface area contributed by atoms with Crippen molar-refractivity contribution in [2.45, 2.75) is 30.3 Å². The van der Waals surface area contributed by atoms with Gasteiger partial charge in [0.05, 0.1) is 10.8 Å². The van der Waals surface area contributed by atoms with Crippen molar-refractivity contribution >= 4 is 34.4 Å². The van der Waals surface area contributed by atoms with E-state index in [1.165, 1.54) is 12.1 Å². The number of hydrogen-bond donors (Lipinski definition) is 1. The lowest BCUT2D eigenvalue weighted by Crippen LogP contribution is -2.23. The molecule has 0 saturated carbocycles. The average Bonchev–Trinajstić information content (AvgIpc) is 2.98. The number of benzene rings is 1. The van der Waals surface area contributed by atoms with Crippen LogP contribution < -0.4 is 5.32 Å². The Bertz CT molecular complexity index is 958. The Morgan fingerprint density at radius 1 is 1.27 bits per heavy atom. The van der Waals surface area contributed by atoms with E-state index < -0.39 is 23.2 Å². The summed E-state index contributed by atoms with van der Waals surface area (Å²) in [4.78, 5) is 19.4. The molecule has 2 aromatic heterocycles. The van der Waals surface area contributed by atoms with E-state index in [9.17, 15) is 18.0 Å². The fourth-order valence-corrected chi connectivity index (χ4v) is 3.08. The molecule has 136 valence electrons. The van der Waals surface area contributed by atoms with Crippen LogP contribution in [-0.2, 0) is 11.0 Å². The van der Waals surface area contributed by atoms with Gasteiger partial charge in [-0.1, -0.05) is 35.1 Å². The average molecular weight is 382 g/mol. The molecule has 2 heterocycles. The van der Waals surface area contributed by atoms with Crippen LogP contribution in [0.2, 0.25) is 0 Å². The smallest absolute Gasteiger partial charge is 0.360 e. The van der Waals surface area contributed by atoms with Crippen molar-refractivity contribution in [2.75, 3.05) is 5.32 Å². The van der Waals surface area contributed by atoms with Crippen LogP contribution in [0.4, 0.5) is 19.0 Å². The Hall–Kier alpha value is -2.62. The number of alkyl halides is 3. The lowest BCUT2D eigenvalue weighted by atomic mass is 10.2. The number of halogens is 3. The number of fused-ring (bicyclic) bond motifs is 1. The standard InChI is InChI=1S/C16H13F3N4O2S/c1-8-7-12(23-25-8)21-13(24)9(2)26-14-10-5-3-4-6-11(10)20-15(22-14)16(17,18)19/h3-7,9H,1-2H3,(H,21,23,24)/t9-/m1/s1. The first-order chi connectivity index (χ1) is 12.2. The number of carbonyl (C=O) groups excluding carboxylic acids is 1. The van der Waals surface area contributed by atoms with Gasteiger partial charge in [0.1, 0.15) is 10.8 Å². The summed E-state index contributed by atoms with van der Waals surface area (Å²) in [6.45, 7) is 3.24. The van der Waals surface area contributed by atoms with E-state index in [0.717, 1.165) is 11.8 Å². The maximum atomic E-state index is 13.0. The zero-order valence-electron chi connectivity index (χ0n) is 13.7. The van der Waals surface area contributed by atoms with E-state index in [4.69, 9.17) is 4.52 Å². The van der Waals surface area contributed by atoms with Gasteiger partial charge in [-0.05, 0) is 19.9 Å². The summed E-state index contributed by atoms with van der Waals surface area (Å²) < 4.78 is 44.0. The van der Waals surface area contributed by atoms with Gasteiger partial charge in [0.15, 0.2) is 5.82 Å². The van der Waals surface area contributed by atoms with Gasteiger partial charge in [-0.25, -0.2) is 9.97 Å². The summed E-state index contributed by atoms with van der Waals surface area (Å²) in [6, 6.07) is 7.89. The minimum atomic E-state index is -4.68. The third-order valence-electron chi connectivity index (χ3n) is 3.36. The van der Waals surface area contributed by atoms with Gasteiger partial charge in [0.25, 0.3) is 0 Å². The fraction of sp³-hybridized carbons (Fsp3) is 0.250. The number of nitrogens with zero attached hydrogens (tertiary/aromatic N) is 3. The highest BCUT2D eigenvalue weighted by atomic mass is 32.2. The molecule has 0 fully saturated rings. The summed E-state index contributed by atoms with van der Waals surface area (Å²) in [5.74, 6) is -0.904. The van der Waals surface area contributed by atoms with Gasteiger partial charge < -0.3 is 9.84 Å². The van der Waals surface area contributed by atoms with Crippen LogP contribution in [-0.4, -0.2) is 26.3 Å². The molecule has 0 aliphatic rings. The first kappa shape index (κ1) is 18.2. The number of hydrogen-bond acceptors (Lipinski definition) is 6. The van der Waals surface area contributed by atoms with Gasteiger partial charge in [-0.3, -0.25) is 4.79 Å². The first-order valence-electron chi connectivity index (χ1n) is 7.49. The molecule has 0 aliphatic carbocycles. The second kappa shape index (κ2) is 6.94. The zero-order chi connectivity index (χ0) is 18.9. The number of amides is 1. The van der Waals surface area contributed by atoms with E-state index in [1.54, 1.807) is 32.0 Å². The van der Waals surface area contributed by atoms with Crippen molar-refractivity contribution in [3.63, 3.8) is 0 Å². The summed E-state index contributed by atoms with van der Waals surface area (Å²) in [5, 5.41) is 6.01. The SMILES string of the molecule is Cc1cc(NC(=O)[C@@H](C)Sc2nc(C(F)(F)F)nc3ccccc23)no1. The van der Waals surface area contributed by atoms with Crippen molar-refractivity contribution in [3.05, 3.63) is 41.9 Å². The fourth-order valence-electron chi connectivity index (χ4n) is 2.14. The molecule has 3 rings (SSSR count). The molecular formula is C16H13F3N4O2S. The maximum absolute atomic E-state index is 13.0. The number of aryl methyl sites for hydroxylation is 1. The van der Waals surface area contributed by atoms with Crippen LogP contribution in [0.1, 0.15) is 18.5 Å². The first-order valence-corrected chi connectivity index (χ1v) is 8.37. The van der Waals surface area contributed by atoms with Crippen LogP contribution in [0.15, 0.2) is 39.9 Å². The number of aromatic nitrogens is 3. The molecule has 1 atom stereocenters. The molecule has 0 radical (unpaired) electrons. The molecule has 10 heteroatoms. The van der Waals surface area contributed by atoms with E-state index in [-0.39, 0.29) is 16.4 Å². The van der Waals surface area contributed by atoms with Crippen molar-refractivity contribution in [1.82, 2.24) is 15.1 Å². The molecule has 1 amide bonds. The minimum Gasteiger partial charge on any atom is -0.360 e. The molecular weight excluding hydrogens is 369 g/mol. The highest BCUT2D eigenvalue weighted by molar-refractivity contribution is 8.00. The molecule has 0 spiro atoms. The van der Waals surface area contributed by atoms with Crippen LogP contribution in [0, 0.1) is 6.92 Å². The normalized spacial score (nSPS) is 13.0. The van der Waals surface area contributed by atoms with Crippen molar-refractivity contribution in [3.8, 4) is 0 Å². The maximum Gasteiger partial charge on any atom is 0.451 e. The van der Waals surface area contributed by atoms with E-state index in [2.05, 4.69) is 20.4 Å². The van der Waals surface area contributed by atoms with Gasteiger partial charge in [-0.2, -0.15) is 13.2 Å². The van der Waals surface area contributed by atoms with Crippen molar-refractivity contribution in [2.24, 2.45) is 0 Å². The summed E-state index contributed by atoms with van der Waals surface area (Å²) in [7, 11) is 0. The quantitative estimate of drug-likeness (QED) is 0.541. The topological polar surface area (TPSA) is 80.9 Å². The van der Waals surface area contributed by atoms with Crippen LogP contribution in [0.25, 0.3) is 10.9 Å². The van der Waals surface area contributed by atoms with Crippen LogP contribution >= 0.6 is 11.8 Å². The Balaban J connectivity index is 1.88. The molecule has 1 aromatic carbocycles. The highest BCUT2D eigenvalue weighted by Gasteiger charge is 2.36. The Morgan fingerprint density at radius 2 is 2.00 bits per heavy atom. The second-order valence-electron chi connectivity index (χ2n) is 5.44. The van der Waals surface area contributed by atoms with Crippen LogP contribution in [0.5, 0.6) is 0 Å². The summed E-state index contributed by atoms with van der Waals surface area (Å²) in [6.07, 6.45) is -4.68. The molecule has 3 aromatic rings. The van der Waals surface area contributed by atoms with Gasteiger partial charge in [0.2, 0.25) is 11.7 Å².